The summed E-state index contributed by atoms with van der Waals surface area (Å²) in [4.78, 5) is 8.58. The lowest BCUT2D eigenvalue weighted by Crippen LogP contribution is -2.48. The molecule has 3 aliphatic carbocycles. The molecule has 0 amide bonds. The normalized spacial score (nSPS) is 37.9. The molecule has 4 atom stereocenters. The van der Waals surface area contributed by atoms with E-state index in [1.165, 1.54) is 48.2 Å². The summed E-state index contributed by atoms with van der Waals surface area (Å²) in [7, 11) is 0. The highest BCUT2D eigenvalue weighted by atomic mass is 16.3. The van der Waals surface area contributed by atoms with Crippen LogP contribution >= 0.6 is 0 Å². The third-order valence-corrected chi connectivity index (χ3v) is 8.02. The van der Waals surface area contributed by atoms with Crippen LogP contribution in [-0.2, 0) is 19.3 Å². The van der Waals surface area contributed by atoms with Crippen molar-refractivity contribution in [2.45, 2.75) is 101 Å². The van der Waals surface area contributed by atoms with Crippen LogP contribution in [0.1, 0.15) is 68.2 Å². The zero-order chi connectivity index (χ0) is 20.5. The number of hydrogen-bond acceptors (Lipinski definition) is 5. The molecule has 6 heteroatoms. The fraction of sp³-hybridized carbons (Fsp3) is 0.792. The van der Waals surface area contributed by atoms with Gasteiger partial charge < -0.3 is 25.8 Å². The number of aromatic amines is 1. The highest BCUT2D eigenvalue weighted by molar-refractivity contribution is 5.89. The number of hydrogen-bond donors (Lipinski definition) is 5. The highest BCUT2D eigenvalue weighted by Gasteiger charge is 2.40. The zero-order valence-electron chi connectivity index (χ0n) is 18.1. The van der Waals surface area contributed by atoms with E-state index in [4.69, 9.17) is 4.99 Å². The van der Waals surface area contributed by atoms with Gasteiger partial charge in [-0.2, -0.15) is 0 Å². The van der Waals surface area contributed by atoms with Gasteiger partial charge in [0.25, 0.3) is 0 Å². The number of fused-ring (bicyclic) bond motifs is 2. The highest BCUT2D eigenvalue weighted by Crippen LogP contribution is 2.32. The Morgan fingerprint density at radius 2 is 1.90 bits per heavy atom. The minimum absolute atomic E-state index is 0.171. The van der Waals surface area contributed by atoms with E-state index in [9.17, 15) is 10.2 Å². The van der Waals surface area contributed by atoms with Crippen molar-refractivity contribution in [3.63, 3.8) is 0 Å². The number of nitrogens with zero attached hydrogens (tertiary/aromatic N) is 1. The molecule has 5 N–H and O–H groups in total. The molecule has 3 fully saturated rings. The Morgan fingerprint density at radius 3 is 2.77 bits per heavy atom. The molecule has 0 bridgehead atoms. The van der Waals surface area contributed by atoms with E-state index in [0.717, 1.165) is 58.0 Å². The minimum Gasteiger partial charge on any atom is -0.393 e. The molecule has 0 radical (unpaired) electrons. The van der Waals surface area contributed by atoms with Crippen molar-refractivity contribution < 1.29 is 10.2 Å². The van der Waals surface area contributed by atoms with Gasteiger partial charge >= 0.3 is 0 Å². The molecule has 0 spiro atoms. The van der Waals surface area contributed by atoms with Gasteiger partial charge in [-0.1, -0.05) is 0 Å². The van der Waals surface area contributed by atoms with Crippen LogP contribution in [0, 0.1) is 5.92 Å². The molecule has 0 aromatic carbocycles. The van der Waals surface area contributed by atoms with Gasteiger partial charge in [0.15, 0.2) is 0 Å². The molecule has 2 heterocycles. The van der Waals surface area contributed by atoms with Crippen LogP contribution in [-0.4, -0.2) is 64.3 Å². The second-order valence-electron chi connectivity index (χ2n) is 9.98. The van der Waals surface area contributed by atoms with Crippen LogP contribution in [0.15, 0.2) is 11.2 Å². The quantitative estimate of drug-likeness (QED) is 0.509. The molecule has 5 rings (SSSR count). The molecule has 1 aromatic heterocycles. The SMILES string of the molecule is OC1CCc2c(CCNC3CCC(N=C4CCNC5C(O)CCC45)CC3)c[nH]c2C1. The predicted octanol–water partition coefficient (Wildman–Crippen LogP) is 1.88. The van der Waals surface area contributed by atoms with Crippen molar-refractivity contribution >= 4 is 5.71 Å². The van der Waals surface area contributed by atoms with Crippen LogP contribution < -0.4 is 10.6 Å². The summed E-state index contributed by atoms with van der Waals surface area (Å²) in [6.07, 6.45) is 13.4. The molecule has 4 unspecified atom stereocenters. The lowest BCUT2D eigenvalue weighted by Gasteiger charge is -2.33. The third kappa shape index (κ3) is 4.38. The van der Waals surface area contributed by atoms with Gasteiger partial charge in [0.05, 0.1) is 12.2 Å². The number of aromatic nitrogens is 1. The molecule has 1 aliphatic heterocycles. The molecule has 2 saturated carbocycles. The topological polar surface area (TPSA) is 92.7 Å². The maximum absolute atomic E-state index is 10.2. The lowest BCUT2D eigenvalue weighted by atomic mass is 9.88. The second kappa shape index (κ2) is 9.11. The summed E-state index contributed by atoms with van der Waals surface area (Å²) < 4.78 is 0. The molecule has 4 aliphatic rings. The van der Waals surface area contributed by atoms with Gasteiger partial charge in [0.1, 0.15) is 0 Å². The molecule has 6 nitrogen and oxygen atoms in total. The summed E-state index contributed by atoms with van der Waals surface area (Å²) >= 11 is 0. The largest absolute Gasteiger partial charge is 0.393 e. The van der Waals surface area contributed by atoms with Crippen molar-refractivity contribution in [1.29, 1.82) is 0 Å². The van der Waals surface area contributed by atoms with Crippen LogP contribution in [0.3, 0.4) is 0 Å². The van der Waals surface area contributed by atoms with E-state index >= 15 is 0 Å². The molecule has 1 saturated heterocycles. The molecule has 30 heavy (non-hydrogen) atoms. The third-order valence-electron chi connectivity index (χ3n) is 8.02. The minimum atomic E-state index is -0.184. The maximum atomic E-state index is 10.2. The number of piperidine rings is 1. The number of rotatable bonds is 5. The first-order valence-corrected chi connectivity index (χ1v) is 12.2. The lowest BCUT2D eigenvalue weighted by molar-refractivity contribution is 0.142. The summed E-state index contributed by atoms with van der Waals surface area (Å²) in [5.41, 5.74) is 5.52. The zero-order valence-corrected chi connectivity index (χ0v) is 18.1. The molecule has 1 aromatic rings. The summed E-state index contributed by atoms with van der Waals surface area (Å²) in [6, 6.07) is 1.35. The van der Waals surface area contributed by atoms with Crippen molar-refractivity contribution in [3.05, 3.63) is 23.0 Å². The maximum Gasteiger partial charge on any atom is 0.0699 e. The Bertz CT molecular complexity index is 752. The first-order valence-electron chi connectivity index (χ1n) is 12.2. The Balaban J connectivity index is 1.07. The Hall–Kier alpha value is -1.21. The molecule has 166 valence electrons. The van der Waals surface area contributed by atoms with E-state index in [1.54, 1.807) is 0 Å². The smallest absolute Gasteiger partial charge is 0.0699 e. The number of aliphatic hydroxyl groups excluding tert-OH is 2. The first-order chi connectivity index (χ1) is 14.7. The Kier molecular flexibility index (Phi) is 6.28. The van der Waals surface area contributed by atoms with E-state index in [2.05, 4.69) is 21.8 Å². The van der Waals surface area contributed by atoms with E-state index in [-0.39, 0.29) is 18.2 Å². The monoisotopic (exact) mass is 414 g/mol. The van der Waals surface area contributed by atoms with Crippen LogP contribution in [0.2, 0.25) is 0 Å². The Labute approximate surface area is 179 Å². The predicted molar refractivity (Wildman–Crippen MR) is 119 cm³/mol. The molecular formula is C24H38N4O2. The number of aliphatic imine (C=N–C) groups is 1. The second-order valence-corrected chi connectivity index (χ2v) is 9.98. The van der Waals surface area contributed by atoms with E-state index < -0.39 is 0 Å². The van der Waals surface area contributed by atoms with Crippen LogP contribution in [0.25, 0.3) is 0 Å². The number of H-pyrrole nitrogens is 1. The Morgan fingerprint density at radius 1 is 1.03 bits per heavy atom. The van der Waals surface area contributed by atoms with Crippen LogP contribution in [0.4, 0.5) is 0 Å². The van der Waals surface area contributed by atoms with Gasteiger partial charge in [0.2, 0.25) is 0 Å². The van der Waals surface area contributed by atoms with Gasteiger partial charge in [-0.15, -0.1) is 0 Å². The average molecular weight is 415 g/mol. The van der Waals surface area contributed by atoms with Gasteiger partial charge in [0, 0.05) is 54.6 Å². The van der Waals surface area contributed by atoms with Crippen LogP contribution in [0.5, 0.6) is 0 Å². The van der Waals surface area contributed by atoms with Crippen molar-refractivity contribution in [2.24, 2.45) is 10.9 Å². The number of aliphatic hydroxyl groups is 2. The van der Waals surface area contributed by atoms with Crippen molar-refractivity contribution in [1.82, 2.24) is 15.6 Å². The van der Waals surface area contributed by atoms with Gasteiger partial charge in [-0.05, 0) is 81.9 Å². The number of nitrogens with one attached hydrogen (secondary N) is 3. The van der Waals surface area contributed by atoms with Crippen molar-refractivity contribution in [2.75, 3.05) is 13.1 Å². The summed E-state index contributed by atoms with van der Waals surface area (Å²) in [6.45, 7) is 2.00. The van der Waals surface area contributed by atoms with E-state index in [1.807, 2.05) is 0 Å². The summed E-state index contributed by atoms with van der Waals surface area (Å²) in [5.74, 6) is 0.470. The van der Waals surface area contributed by atoms with Gasteiger partial charge in [-0.3, -0.25) is 4.99 Å². The standard InChI is InChI=1S/C24H38N4O2/c29-18-5-6-19-15(14-27-22(19)13-18)9-11-25-16-1-3-17(4-2-16)28-21-10-12-26-24-20(21)7-8-23(24)30/h14,16-18,20,23-27,29-30H,1-13H2. The van der Waals surface area contributed by atoms with Gasteiger partial charge in [-0.25, -0.2) is 0 Å². The molecular weight excluding hydrogens is 376 g/mol. The first kappa shape index (κ1) is 20.7. The summed E-state index contributed by atoms with van der Waals surface area (Å²) in [5, 5.41) is 27.3. The van der Waals surface area contributed by atoms with E-state index in [0.29, 0.717) is 18.0 Å². The average Bonchev–Trinajstić information content (AvgIpc) is 3.33. The van der Waals surface area contributed by atoms with Crippen molar-refractivity contribution in [3.8, 4) is 0 Å². The fourth-order valence-electron chi connectivity index (χ4n) is 6.30. The fourth-order valence-corrected chi connectivity index (χ4v) is 6.30.